The van der Waals surface area contributed by atoms with Gasteiger partial charge in [-0.2, -0.15) is 0 Å². The van der Waals surface area contributed by atoms with Crippen molar-refractivity contribution in [3.8, 4) is 11.4 Å². The molecule has 3 rings (SSSR count). The lowest BCUT2D eigenvalue weighted by atomic mass is 10.2. The molecule has 0 saturated carbocycles. The highest BCUT2D eigenvalue weighted by Gasteiger charge is 2.22. The zero-order valence-corrected chi connectivity index (χ0v) is 15.6. The maximum absolute atomic E-state index is 11.6. The summed E-state index contributed by atoms with van der Waals surface area (Å²) < 4.78 is 6.59. The fourth-order valence-electron chi connectivity index (χ4n) is 2.57. The predicted molar refractivity (Wildman–Crippen MR) is 96.6 cm³/mol. The lowest BCUT2D eigenvalue weighted by Gasteiger charge is -2.12. The maximum Gasteiger partial charge on any atom is 0.340 e. The Balaban J connectivity index is 1.93. The number of aromatic carboxylic acids is 1. The van der Waals surface area contributed by atoms with Crippen LogP contribution in [0.3, 0.4) is 0 Å². The number of thioether (sulfide) groups is 1. The van der Waals surface area contributed by atoms with Crippen LogP contribution in [-0.4, -0.2) is 39.5 Å². The highest BCUT2D eigenvalue weighted by molar-refractivity contribution is 9.10. The molecule has 126 valence electrons. The van der Waals surface area contributed by atoms with Crippen LogP contribution < -0.4 is 0 Å². The largest absolute Gasteiger partial charge is 0.478 e. The molecule has 0 radical (unpaired) electrons. The number of aromatic nitrogens is 2. The van der Waals surface area contributed by atoms with E-state index in [1.54, 1.807) is 6.92 Å². The number of aryl methyl sites for hydroxylation is 1. The first-order valence-corrected chi connectivity index (χ1v) is 9.44. The number of hydrogen-bond acceptors (Lipinski definition) is 5. The highest BCUT2D eigenvalue weighted by atomic mass is 79.9. The summed E-state index contributed by atoms with van der Waals surface area (Å²) >= 11 is 4.84. The molecule has 1 atom stereocenters. The molecule has 0 spiro atoms. The first-order valence-electron chi connectivity index (χ1n) is 7.67. The van der Waals surface area contributed by atoms with Crippen LogP contribution >= 0.6 is 27.7 Å². The van der Waals surface area contributed by atoms with Gasteiger partial charge in [-0.05, 0) is 31.9 Å². The summed E-state index contributed by atoms with van der Waals surface area (Å²) in [5.41, 5.74) is 1.52. The number of benzene rings is 1. The molecule has 2 heterocycles. The summed E-state index contributed by atoms with van der Waals surface area (Å²) in [5, 5.41) is 10.0. The third kappa shape index (κ3) is 3.96. The minimum atomic E-state index is -0.996. The molecular formula is C17H17BrN2O3S. The highest BCUT2D eigenvalue weighted by Crippen LogP contribution is 2.29. The zero-order chi connectivity index (χ0) is 17.1. The summed E-state index contributed by atoms with van der Waals surface area (Å²) in [7, 11) is 0. The first-order chi connectivity index (χ1) is 11.5. The van der Waals surface area contributed by atoms with E-state index in [2.05, 4.69) is 25.9 Å². The quantitative estimate of drug-likeness (QED) is 0.590. The second-order valence-electron chi connectivity index (χ2n) is 5.57. The molecule has 1 N–H and O–H groups in total. The molecular weight excluding hydrogens is 392 g/mol. The van der Waals surface area contributed by atoms with Gasteiger partial charge in [-0.1, -0.05) is 28.1 Å². The van der Waals surface area contributed by atoms with E-state index >= 15 is 0 Å². The minimum Gasteiger partial charge on any atom is -0.478 e. The Morgan fingerprint density at radius 3 is 2.75 bits per heavy atom. The number of halogens is 1. The average molecular weight is 409 g/mol. The van der Waals surface area contributed by atoms with Crippen molar-refractivity contribution >= 4 is 33.7 Å². The SMILES string of the molecule is Cc1nc(-c2ccc(Br)cc2)nc(SCC2CCCO2)c1C(=O)O. The van der Waals surface area contributed by atoms with Crippen molar-refractivity contribution in [2.75, 3.05) is 12.4 Å². The van der Waals surface area contributed by atoms with E-state index in [4.69, 9.17) is 4.74 Å². The molecule has 1 aromatic carbocycles. The van der Waals surface area contributed by atoms with Gasteiger partial charge in [-0.25, -0.2) is 14.8 Å². The smallest absolute Gasteiger partial charge is 0.340 e. The number of hydrogen-bond donors (Lipinski definition) is 1. The molecule has 1 saturated heterocycles. The van der Waals surface area contributed by atoms with Gasteiger partial charge in [0.25, 0.3) is 0 Å². The van der Waals surface area contributed by atoms with Gasteiger partial charge in [0, 0.05) is 22.4 Å². The van der Waals surface area contributed by atoms with E-state index < -0.39 is 5.97 Å². The van der Waals surface area contributed by atoms with Crippen molar-refractivity contribution in [1.82, 2.24) is 9.97 Å². The van der Waals surface area contributed by atoms with Gasteiger partial charge in [-0.3, -0.25) is 0 Å². The Labute approximate surface area is 153 Å². The minimum absolute atomic E-state index is 0.169. The summed E-state index contributed by atoms with van der Waals surface area (Å²) in [6, 6.07) is 7.65. The molecule has 0 amide bonds. The van der Waals surface area contributed by atoms with Crippen molar-refractivity contribution in [1.29, 1.82) is 0 Å². The van der Waals surface area contributed by atoms with Crippen molar-refractivity contribution in [3.63, 3.8) is 0 Å². The second-order valence-corrected chi connectivity index (χ2v) is 7.50. The van der Waals surface area contributed by atoms with E-state index in [0.717, 1.165) is 29.5 Å². The molecule has 1 aliphatic heterocycles. The van der Waals surface area contributed by atoms with E-state index in [1.807, 2.05) is 24.3 Å². The fourth-order valence-corrected chi connectivity index (χ4v) is 3.97. The van der Waals surface area contributed by atoms with Gasteiger partial charge in [0.2, 0.25) is 0 Å². The second kappa shape index (κ2) is 7.63. The number of nitrogens with zero attached hydrogens (tertiary/aromatic N) is 2. The molecule has 7 heteroatoms. The summed E-state index contributed by atoms with van der Waals surface area (Å²) in [6.45, 7) is 2.49. The van der Waals surface area contributed by atoms with Crippen LogP contribution in [0.5, 0.6) is 0 Å². The Bertz CT molecular complexity index is 746. The number of carboxylic acids is 1. The van der Waals surface area contributed by atoms with Crippen molar-refractivity contribution < 1.29 is 14.6 Å². The number of ether oxygens (including phenoxy) is 1. The molecule has 5 nitrogen and oxygen atoms in total. The average Bonchev–Trinajstić information content (AvgIpc) is 3.06. The molecule has 1 unspecified atom stereocenters. The fraction of sp³-hybridized carbons (Fsp3) is 0.353. The molecule has 1 fully saturated rings. The van der Waals surface area contributed by atoms with Crippen molar-refractivity contribution in [3.05, 3.63) is 40.0 Å². The number of rotatable bonds is 5. The third-order valence-electron chi connectivity index (χ3n) is 3.80. The number of carboxylic acid groups (broad SMARTS) is 1. The van der Waals surface area contributed by atoms with Crippen LogP contribution in [0, 0.1) is 6.92 Å². The molecule has 0 bridgehead atoms. The number of carbonyl (C=O) groups is 1. The van der Waals surface area contributed by atoms with Crippen LogP contribution in [0.1, 0.15) is 28.9 Å². The normalized spacial score (nSPS) is 17.2. The lowest BCUT2D eigenvalue weighted by molar-refractivity contribution is 0.0690. The van der Waals surface area contributed by atoms with Crippen LogP contribution in [0.4, 0.5) is 0 Å². The maximum atomic E-state index is 11.6. The third-order valence-corrected chi connectivity index (χ3v) is 5.44. The van der Waals surface area contributed by atoms with Crippen molar-refractivity contribution in [2.24, 2.45) is 0 Å². The van der Waals surface area contributed by atoms with Crippen LogP contribution in [0.2, 0.25) is 0 Å². The summed E-state index contributed by atoms with van der Waals surface area (Å²) in [6.07, 6.45) is 2.24. The monoisotopic (exact) mass is 408 g/mol. The summed E-state index contributed by atoms with van der Waals surface area (Å²) in [4.78, 5) is 20.5. The van der Waals surface area contributed by atoms with Gasteiger partial charge >= 0.3 is 5.97 Å². The van der Waals surface area contributed by atoms with Crippen LogP contribution in [0.15, 0.2) is 33.8 Å². The van der Waals surface area contributed by atoms with Gasteiger partial charge in [-0.15, -0.1) is 11.8 Å². The molecule has 0 aliphatic carbocycles. The van der Waals surface area contributed by atoms with Gasteiger partial charge < -0.3 is 9.84 Å². The molecule has 1 aliphatic rings. The Morgan fingerprint density at radius 1 is 1.38 bits per heavy atom. The lowest BCUT2D eigenvalue weighted by Crippen LogP contribution is -2.12. The van der Waals surface area contributed by atoms with E-state index in [1.165, 1.54) is 11.8 Å². The predicted octanol–water partition coefficient (Wildman–Crippen LogP) is 4.18. The van der Waals surface area contributed by atoms with Crippen molar-refractivity contribution in [2.45, 2.75) is 30.9 Å². The molecule has 2 aromatic rings. The van der Waals surface area contributed by atoms with Gasteiger partial charge in [0.15, 0.2) is 5.82 Å². The first kappa shape index (κ1) is 17.4. The van der Waals surface area contributed by atoms with E-state index in [-0.39, 0.29) is 11.7 Å². The van der Waals surface area contributed by atoms with Gasteiger partial charge in [0.1, 0.15) is 10.6 Å². The Morgan fingerprint density at radius 2 is 2.12 bits per heavy atom. The van der Waals surface area contributed by atoms with Crippen LogP contribution in [-0.2, 0) is 4.74 Å². The zero-order valence-electron chi connectivity index (χ0n) is 13.2. The Kier molecular flexibility index (Phi) is 5.53. The molecule has 24 heavy (non-hydrogen) atoms. The van der Waals surface area contributed by atoms with E-state index in [9.17, 15) is 9.90 Å². The van der Waals surface area contributed by atoms with Crippen LogP contribution in [0.25, 0.3) is 11.4 Å². The van der Waals surface area contributed by atoms with Gasteiger partial charge in [0.05, 0.1) is 11.8 Å². The topological polar surface area (TPSA) is 72.3 Å². The standard InChI is InChI=1S/C17H17BrN2O3S/c1-10-14(17(21)22)16(24-9-13-3-2-8-23-13)20-15(19-10)11-4-6-12(18)7-5-11/h4-7,13H,2-3,8-9H2,1H3,(H,21,22). The molecule has 1 aromatic heterocycles. The Hall–Kier alpha value is -1.44. The summed E-state index contributed by atoms with van der Waals surface area (Å²) in [5.74, 6) is 0.251. The van der Waals surface area contributed by atoms with E-state index in [0.29, 0.717) is 22.3 Å².